The van der Waals surface area contributed by atoms with Gasteiger partial charge >= 0.3 is 5.97 Å². The van der Waals surface area contributed by atoms with Crippen molar-refractivity contribution in [2.24, 2.45) is 4.99 Å². The van der Waals surface area contributed by atoms with E-state index in [9.17, 15) is 9.90 Å². The third-order valence-electron chi connectivity index (χ3n) is 4.09. The van der Waals surface area contributed by atoms with Crippen LogP contribution in [0.2, 0.25) is 0 Å². The van der Waals surface area contributed by atoms with Crippen LogP contribution in [0.3, 0.4) is 0 Å². The van der Waals surface area contributed by atoms with Crippen molar-refractivity contribution in [3.63, 3.8) is 0 Å². The van der Waals surface area contributed by atoms with Gasteiger partial charge in [-0.05, 0) is 49.7 Å². The van der Waals surface area contributed by atoms with Crippen molar-refractivity contribution < 1.29 is 14.6 Å². The Labute approximate surface area is 145 Å². The number of rotatable bonds is 3. The Morgan fingerprint density at radius 3 is 2.72 bits per heavy atom. The number of ether oxygens (including phenoxy) is 1. The molecule has 0 amide bonds. The van der Waals surface area contributed by atoms with Crippen molar-refractivity contribution in [1.82, 2.24) is 4.98 Å². The first kappa shape index (κ1) is 16.6. The molecule has 4 N–H and O–H groups in total. The van der Waals surface area contributed by atoms with Gasteiger partial charge in [0.1, 0.15) is 0 Å². The molecule has 128 valence electrons. The van der Waals surface area contributed by atoms with Gasteiger partial charge < -0.3 is 20.6 Å². The Morgan fingerprint density at radius 1 is 1.24 bits per heavy atom. The zero-order chi connectivity index (χ0) is 18.1. The highest BCUT2D eigenvalue weighted by atomic mass is 16.5. The second kappa shape index (κ2) is 6.32. The number of carbonyl (C=O) groups is 1. The SMILES string of the molecule is COC(=O)c1cc(N=C(C)c2c(O)[nH]c3ccc(N)cc23)ccc1C. The van der Waals surface area contributed by atoms with Crippen LogP contribution < -0.4 is 5.73 Å². The Hall–Kier alpha value is -3.28. The second-order valence-corrected chi connectivity index (χ2v) is 5.84. The fraction of sp³-hybridized carbons (Fsp3) is 0.158. The maximum atomic E-state index is 11.8. The number of aliphatic imine (C=N–C) groups is 1. The smallest absolute Gasteiger partial charge is 0.338 e. The molecule has 6 heteroatoms. The summed E-state index contributed by atoms with van der Waals surface area (Å²) in [6.07, 6.45) is 0. The average molecular weight is 337 g/mol. The number of aryl methyl sites for hydroxylation is 1. The van der Waals surface area contributed by atoms with Crippen molar-refractivity contribution >= 4 is 34.0 Å². The molecule has 0 atom stereocenters. The Morgan fingerprint density at radius 2 is 2.00 bits per heavy atom. The summed E-state index contributed by atoms with van der Waals surface area (Å²) < 4.78 is 4.79. The minimum absolute atomic E-state index is 0.0298. The fourth-order valence-electron chi connectivity index (χ4n) is 2.82. The lowest BCUT2D eigenvalue weighted by molar-refractivity contribution is 0.0600. The van der Waals surface area contributed by atoms with Crippen LogP contribution in [-0.4, -0.2) is 28.9 Å². The third kappa shape index (κ3) is 3.06. The fourth-order valence-corrected chi connectivity index (χ4v) is 2.82. The number of methoxy groups -OCH3 is 1. The van der Waals surface area contributed by atoms with Gasteiger partial charge in [0, 0.05) is 16.6 Å². The largest absolute Gasteiger partial charge is 0.494 e. The molecule has 3 rings (SSSR count). The van der Waals surface area contributed by atoms with Gasteiger partial charge in [0.05, 0.1) is 29.6 Å². The van der Waals surface area contributed by atoms with E-state index < -0.39 is 5.97 Å². The number of nitrogens with one attached hydrogen (secondary N) is 1. The van der Waals surface area contributed by atoms with E-state index in [2.05, 4.69) is 9.98 Å². The topological polar surface area (TPSA) is 101 Å². The first-order valence-electron chi connectivity index (χ1n) is 7.75. The van der Waals surface area contributed by atoms with Crippen LogP contribution in [-0.2, 0) is 4.74 Å². The van der Waals surface area contributed by atoms with Gasteiger partial charge in [-0.15, -0.1) is 0 Å². The number of esters is 1. The average Bonchev–Trinajstić information content (AvgIpc) is 2.91. The number of hydrogen-bond donors (Lipinski definition) is 3. The summed E-state index contributed by atoms with van der Waals surface area (Å²) in [7, 11) is 1.34. The van der Waals surface area contributed by atoms with Gasteiger partial charge in [0.25, 0.3) is 0 Å². The zero-order valence-electron chi connectivity index (χ0n) is 14.3. The summed E-state index contributed by atoms with van der Waals surface area (Å²) in [5.41, 5.74) is 10.3. The van der Waals surface area contributed by atoms with E-state index in [1.165, 1.54) is 7.11 Å². The molecule has 0 aliphatic rings. The van der Waals surface area contributed by atoms with E-state index in [1.54, 1.807) is 25.1 Å². The summed E-state index contributed by atoms with van der Waals surface area (Å²) in [6, 6.07) is 10.6. The number of aromatic nitrogens is 1. The number of carbonyl (C=O) groups excluding carboxylic acids is 1. The van der Waals surface area contributed by atoms with Gasteiger partial charge in [-0.25, -0.2) is 4.79 Å². The summed E-state index contributed by atoms with van der Waals surface area (Å²) in [6.45, 7) is 3.63. The predicted octanol–water partition coefficient (Wildman–Crippen LogP) is 3.69. The lowest BCUT2D eigenvalue weighted by Gasteiger charge is -2.06. The minimum atomic E-state index is -0.407. The number of nitrogens with zero attached hydrogens (tertiary/aromatic N) is 1. The number of fused-ring (bicyclic) bond motifs is 1. The van der Waals surface area contributed by atoms with E-state index in [-0.39, 0.29) is 5.88 Å². The monoisotopic (exact) mass is 337 g/mol. The molecule has 0 fully saturated rings. The molecule has 0 saturated heterocycles. The van der Waals surface area contributed by atoms with Crippen LogP contribution in [0.25, 0.3) is 10.9 Å². The van der Waals surface area contributed by atoms with E-state index in [0.717, 1.165) is 16.5 Å². The predicted molar refractivity (Wildman–Crippen MR) is 98.8 cm³/mol. The van der Waals surface area contributed by atoms with Gasteiger partial charge in [-0.2, -0.15) is 0 Å². The summed E-state index contributed by atoms with van der Waals surface area (Å²) in [5, 5.41) is 11.0. The molecular weight excluding hydrogens is 318 g/mol. The highest BCUT2D eigenvalue weighted by molar-refractivity contribution is 6.13. The van der Waals surface area contributed by atoms with Crippen molar-refractivity contribution in [2.45, 2.75) is 13.8 Å². The van der Waals surface area contributed by atoms with E-state index >= 15 is 0 Å². The number of hydrogen-bond acceptors (Lipinski definition) is 5. The Bertz CT molecular complexity index is 1000. The molecule has 3 aromatic rings. The van der Waals surface area contributed by atoms with E-state index in [1.807, 2.05) is 25.1 Å². The Kier molecular flexibility index (Phi) is 4.19. The van der Waals surface area contributed by atoms with Gasteiger partial charge in [0.2, 0.25) is 0 Å². The van der Waals surface area contributed by atoms with Crippen LogP contribution in [0.15, 0.2) is 41.4 Å². The van der Waals surface area contributed by atoms with E-state index in [4.69, 9.17) is 10.5 Å². The number of aromatic amines is 1. The number of nitrogen functional groups attached to an aromatic ring is 1. The van der Waals surface area contributed by atoms with Gasteiger partial charge in [-0.1, -0.05) is 6.07 Å². The molecule has 2 aromatic carbocycles. The number of nitrogens with two attached hydrogens (primary N) is 1. The summed E-state index contributed by atoms with van der Waals surface area (Å²) in [4.78, 5) is 19.3. The molecule has 0 radical (unpaired) electrons. The molecule has 0 aliphatic carbocycles. The van der Waals surface area contributed by atoms with Gasteiger partial charge in [0.15, 0.2) is 5.88 Å². The van der Waals surface area contributed by atoms with Crippen molar-refractivity contribution in [2.75, 3.05) is 12.8 Å². The zero-order valence-corrected chi connectivity index (χ0v) is 14.3. The second-order valence-electron chi connectivity index (χ2n) is 5.84. The van der Waals surface area contributed by atoms with Crippen LogP contribution in [0.1, 0.15) is 28.4 Å². The van der Waals surface area contributed by atoms with Crippen LogP contribution in [0, 0.1) is 6.92 Å². The number of benzene rings is 2. The maximum absolute atomic E-state index is 11.8. The van der Waals surface area contributed by atoms with Crippen molar-refractivity contribution in [3.05, 3.63) is 53.1 Å². The standard InChI is InChI=1S/C19H19N3O3/c1-10-4-6-13(9-14(10)19(24)25-3)21-11(2)17-15-8-12(20)5-7-16(15)22-18(17)23/h4-9,22-23H,20H2,1-3H3. The van der Waals surface area contributed by atoms with Crippen molar-refractivity contribution in [1.29, 1.82) is 0 Å². The first-order valence-corrected chi connectivity index (χ1v) is 7.75. The normalized spacial score (nSPS) is 11.7. The molecular formula is C19H19N3O3. The molecule has 0 bridgehead atoms. The van der Waals surface area contributed by atoms with Crippen LogP contribution in [0.5, 0.6) is 5.88 Å². The maximum Gasteiger partial charge on any atom is 0.338 e. The quantitative estimate of drug-likeness (QED) is 0.385. The summed E-state index contributed by atoms with van der Waals surface area (Å²) in [5.74, 6) is -0.378. The number of H-pyrrole nitrogens is 1. The lowest BCUT2D eigenvalue weighted by Crippen LogP contribution is -2.03. The van der Waals surface area contributed by atoms with Crippen LogP contribution >= 0.6 is 0 Å². The summed E-state index contributed by atoms with van der Waals surface area (Å²) >= 11 is 0. The molecule has 25 heavy (non-hydrogen) atoms. The highest BCUT2D eigenvalue weighted by Gasteiger charge is 2.15. The third-order valence-corrected chi connectivity index (χ3v) is 4.09. The lowest BCUT2D eigenvalue weighted by atomic mass is 10.1. The molecule has 1 heterocycles. The molecule has 0 unspecified atom stereocenters. The molecule has 6 nitrogen and oxygen atoms in total. The Balaban J connectivity index is 2.10. The molecule has 0 spiro atoms. The van der Waals surface area contributed by atoms with Crippen molar-refractivity contribution in [3.8, 4) is 5.88 Å². The molecule has 0 saturated carbocycles. The molecule has 1 aromatic heterocycles. The van der Waals surface area contributed by atoms with E-state index in [0.29, 0.717) is 28.2 Å². The number of anilines is 1. The van der Waals surface area contributed by atoms with Crippen LogP contribution in [0.4, 0.5) is 11.4 Å². The number of aromatic hydroxyl groups is 1. The molecule has 0 aliphatic heterocycles. The first-order chi connectivity index (χ1) is 11.9. The highest BCUT2D eigenvalue weighted by Crippen LogP contribution is 2.30. The van der Waals surface area contributed by atoms with Gasteiger partial charge in [-0.3, -0.25) is 4.99 Å². The minimum Gasteiger partial charge on any atom is -0.494 e.